The maximum absolute atomic E-state index is 11.5. The van der Waals surface area contributed by atoms with Crippen molar-refractivity contribution in [3.8, 4) is 5.75 Å². The molecule has 78 valence electrons. The molecule has 1 aromatic heterocycles. The molecule has 15 heavy (non-hydrogen) atoms. The van der Waals surface area contributed by atoms with Crippen molar-refractivity contribution in [1.82, 2.24) is 4.57 Å². The Bertz CT molecular complexity index is 570. The first kappa shape index (κ1) is 9.77. The van der Waals surface area contributed by atoms with Crippen molar-refractivity contribution in [3.05, 3.63) is 40.2 Å². The third-order valence-electron chi connectivity index (χ3n) is 2.66. The van der Waals surface area contributed by atoms with Gasteiger partial charge in [0.05, 0.1) is 12.6 Å². The number of aryl methyl sites for hydroxylation is 2. The van der Waals surface area contributed by atoms with E-state index in [1.54, 1.807) is 24.8 Å². The number of methoxy groups -OCH3 is 1. The highest BCUT2D eigenvalue weighted by molar-refractivity contribution is 5.83. The Hall–Kier alpha value is -1.77. The van der Waals surface area contributed by atoms with E-state index in [9.17, 15) is 4.79 Å². The number of benzene rings is 1. The summed E-state index contributed by atoms with van der Waals surface area (Å²) in [5.41, 5.74) is 1.93. The summed E-state index contributed by atoms with van der Waals surface area (Å²) in [4.78, 5) is 11.5. The minimum Gasteiger partial charge on any atom is -0.497 e. The summed E-state index contributed by atoms with van der Waals surface area (Å²) in [6, 6.07) is 7.36. The molecule has 0 saturated carbocycles. The molecule has 1 aromatic carbocycles. The molecule has 0 aliphatic heterocycles. The van der Waals surface area contributed by atoms with Crippen LogP contribution in [0, 0.1) is 6.92 Å². The first-order valence-corrected chi connectivity index (χ1v) is 4.78. The van der Waals surface area contributed by atoms with Crippen LogP contribution in [0.1, 0.15) is 5.56 Å². The van der Waals surface area contributed by atoms with Crippen molar-refractivity contribution < 1.29 is 4.74 Å². The number of rotatable bonds is 1. The van der Waals surface area contributed by atoms with Gasteiger partial charge in [-0.1, -0.05) is 0 Å². The quantitative estimate of drug-likeness (QED) is 0.708. The standard InChI is InChI=1S/C12H13NO2/c1-8-6-12(14)13(2)11-5-4-9(15-3)7-10(8)11/h4-7H,1-3H3. The molecule has 0 aliphatic rings. The molecule has 1 heterocycles. The van der Waals surface area contributed by atoms with Gasteiger partial charge < -0.3 is 9.30 Å². The fourth-order valence-corrected chi connectivity index (χ4v) is 1.73. The highest BCUT2D eigenvalue weighted by atomic mass is 16.5. The molecule has 0 amide bonds. The molecule has 0 saturated heterocycles. The fraction of sp³-hybridized carbons (Fsp3) is 0.250. The highest BCUT2D eigenvalue weighted by Gasteiger charge is 2.04. The first-order chi connectivity index (χ1) is 7.13. The molecule has 2 rings (SSSR count). The van der Waals surface area contributed by atoms with Gasteiger partial charge in [0.25, 0.3) is 5.56 Å². The third-order valence-corrected chi connectivity index (χ3v) is 2.66. The van der Waals surface area contributed by atoms with E-state index in [2.05, 4.69) is 0 Å². The van der Waals surface area contributed by atoms with Crippen molar-refractivity contribution >= 4 is 10.9 Å². The van der Waals surface area contributed by atoms with Gasteiger partial charge in [-0.25, -0.2) is 0 Å². The number of hydrogen-bond donors (Lipinski definition) is 0. The van der Waals surface area contributed by atoms with Gasteiger partial charge in [0.2, 0.25) is 0 Å². The third kappa shape index (κ3) is 1.50. The van der Waals surface area contributed by atoms with Crippen LogP contribution in [-0.4, -0.2) is 11.7 Å². The monoisotopic (exact) mass is 203 g/mol. The van der Waals surface area contributed by atoms with Gasteiger partial charge in [-0.3, -0.25) is 4.79 Å². The Morgan fingerprint density at radius 2 is 2.00 bits per heavy atom. The van der Waals surface area contributed by atoms with E-state index in [-0.39, 0.29) is 5.56 Å². The zero-order valence-corrected chi connectivity index (χ0v) is 9.07. The lowest BCUT2D eigenvalue weighted by atomic mass is 10.1. The molecule has 3 nitrogen and oxygen atoms in total. The molecule has 0 unspecified atom stereocenters. The zero-order chi connectivity index (χ0) is 11.0. The van der Waals surface area contributed by atoms with Crippen LogP contribution in [0.2, 0.25) is 0 Å². The Morgan fingerprint density at radius 3 is 2.67 bits per heavy atom. The van der Waals surface area contributed by atoms with E-state index in [1.165, 1.54) is 0 Å². The lowest BCUT2D eigenvalue weighted by molar-refractivity contribution is 0.415. The Morgan fingerprint density at radius 1 is 1.27 bits per heavy atom. The second-order valence-electron chi connectivity index (χ2n) is 3.61. The Balaban J connectivity index is 2.90. The van der Waals surface area contributed by atoms with Crippen LogP contribution in [0.5, 0.6) is 5.75 Å². The summed E-state index contributed by atoms with van der Waals surface area (Å²) in [7, 11) is 3.41. The molecule has 0 aliphatic carbocycles. The van der Waals surface area contributed by atoms with Crippen LogP contribution in [0.3, 0.4) is 0 Å². The highest BCUT2D eigenvalue weighted by Crippen LogP contribution is 2.21. The molecule has 0 radical (unpaired) electrons. The van der Waals surface area contributed by atoms with Crippen molar-refractivity contribution in [2.75, 3.05) is 7.11 Å². The number of nitrogens with zero attached hydrogens (tertiary/aromatic N) is 1. The van der Waals surface area contributed by atoms with Crippen molar-refractivity contribution in [2.24, 2.45) is 7.05 Å². The maximum Gasteiger partial charge on any atom is 0.251 e. The molecule has 0 bridgehead atoms. The number of fused-ring (bicyclic) bond motifs is 1. The van der Waals surface area contributed by atoms with Gasteiger partial charge >= 0.3 is 0 Å². The predicted molar refractivity (Wildman–Crippen MR) is 60.5 cm³/mol. The molecule has 0 fully saturated rings. The van der Waals surface area contributed by atoms with Crippen molar-refractivity contribution in [1.29, 1.82) is 0 Å². The van der Waals surface area contributed by atoms with E-state index in [0.29, 0.717) is 0 Å². The minimum absolute atomic E-state index is 0.0187. The Labute approximate surface area is 87.9 Å². The van der Waals surface area contributed by atoms with Crippen LogP contribution in [0.15, 0.2) is 29.1 Å². The van der Waals surface area contributed by atoms with Crippen molar-refractivity contribution in [2.45, 2.75) is 6.92 Å². The van der Waals surface area contributed by atoms with Crippen LogP contribution >= 0.6 is 0 Å². The lowest BCUT2D eigenvalue weighted by Crippen LogP contribution is -2.16. The molecule has 3 heteroatoms. The average Bonchev–Trinajstić information content (AvgIpc) is 2.25. The smallest absolute Gasteiger partial charge is 0.251 e. The number of hydrogen-bond acceptors (Lipinski definition) is 2. The lowest BCUT2D eigenvalue weighted by Gasteiger charge is -2.08. The summed E-state index contributed by atoms with van der Waals surface area (Å²) in [5, 5.41) is 1.05. The second-order valence-corrected chi connectivity index (χ2v) is 3.61. The van der Waals surface area contributed by atoms with Gasteiger partial charge in [-0.2, -0.15) is 0 Å². The molecule has 2 aromatic rings. The summed E-state index contributed by atoms with van der Waals surface area (Å²) < 4.78 is 6.80. The largest absolute Gasteiger partial charge is 0.497 e. The molecule has 0 N–H and O–H groups in total. The van der Waals surface area contributed by atoms with Crippen LogP contribution in [0.25, 0.3) is 10.9 Å². The van der Waals surface area contributed by atoms with Gasteiger partial charge in [-0.15, -0.1) is 0 Å². The maximum atomic E-state index is 11.5. The summed E-state index contributed by atoms with van der Waals surface area (Å²) in [6.07, 6.45) is 0. The molecular weight excluding hydrogens is 190 g/mol. The van der Waals surface area contributed by atoms with Crippen LogP contribution in [0.4, 0.5) is 0 Å². The number of ether oxygens (including phenoxy) is 1. The summed E-state index contributed by atoms with van der Waals surface area (Å²) in [5.74, 6) is 0.809. The number of aromatic nitrogens is 1. The van der Waals surface area contributed by atoms with Crippen LogP contribution in [-0.2, 0) is 7.05 Å². The molecule has 0 spiro atoms. The van der Waals surface area contributed by atoms with E-state index < -0.39 is 0 Å². The van der Waals surface area contributed by atoms with Gasteiger partial charge in [-0.05, 0) is 30.7 Å². The van der Waals surface area contributed by atoms with E-state index in [0.717, 1.165) is 22.2 Å². The minimum atomic E-state index is 0.0187. The van der Waals surface area contributed by atoms with Gasteiger partial charge in [0, 0.05) is 18.5 Å². The van der Waals surface area contributed by atoms with Gasteiger partial charge in [0.15, 0.2) is 0 Å². The SMILES string of the molecule is COc1ccc2c(c1)c(C)cc(=O)n2C. The van der Waals surface area contributed by atoms with E-state index >= 15 is 0 Å². The van der Waals surface area contributed by atoms with Crippen molar-refractivity contribution in [3.63, 3.8) is 0 Å². The zero-order valence-electron chi connectivity index (χ0n) is 9.07. The second kappa shape index (κ2) is 3.42. The molecule has 0 atom stereocenters. The van der Waals surface area contributed by atoms with Gasteiger partial charge in [0.1, 0.15) is 5.75 Å². The van der Waals surface area contributed by atoms with E-state index in [1.807, 2.05) is 25.1 Å². The fourth-order valence-electron chi connectivity index (χ4n) is 1.73. The number of pyridine rings is 1. The summed E-state index contributed by atoms with van der Waals surface area (Å²) >= 11 is 0. The molecular formula is C12H13NO2. The topological polar surface area (TPSA) is 31.2 Å². The summed E-state index contributed by atoms with van der Waals surface area (Å²) in [6.45, 7) is 1.93. The first-order valence-electron chi connectivity index (χ1n) is 4.78. The normalized spacial score (nSPS) is 10.6. The van der Waals surface area contributed by atoms with E-state index in [4.69, 9.17) is 4.74 Å². The van der Waals surface area contributed by atoms with Crippen LogP contribution < -0.4 is 10.3 Å². The predicted octanol–water partition coefficient (Wildman–Crippen LogP) is 1.86. The average molecular weight is 203 g/mol. The Kier molecular flexibility index (Phi) is 2.23.